The number of fused-ring (bicyclic) bond motifs is 1. The van der Waals surface area contributed by atoms with E-state index in [1.165, 1.54) is 10.5 Å². The van der Waals surface area contributed by atoms with Crippen LogP contribution in [0.5, 0.6) is 0 Å². The van der Waals surface area contributed by atoms with E-state index in [-0.39, 0.29) is 18.4 Å². The van der Waals surface area contributed by atoms with Crippen molar-refractivity contribution in [2.45, 2.75) is 42.3 Å². The Hall–Kier alpha value is -0.720. The van der Waals surface area contributed by atoms with Gasteiger partial charge in [-0.25, -0.2) is 0 Å². The fraction of sp³-hybridized carbons (Fsp3) is 0.538. The summed E-state index contributed by atoms with van der Waals surface area (Å²) in [5, 5.41) is 0. The molecule has 0 saturated carbocycles. The highest BCUT2D eigenvalue weighted by atomic mass is 32.2. The summed E-state index contributed by atoms with van der Waals surface area (Å²) in [6.07, 6.45) is -4.27. The third-order valence-corrected chi connectivity index (χ3v) is 4.62. The second kappa shape index (κ2) is 6.15. The number of nitrogens with two attached hydrogens (primary N) is 1. The minimum atomic E-state index is -4.08. The Morgan fingerprint density at radius 1 is 1.37 bits per heavy atom. The largest absolute Gasteiger partial charge is 0.389 e. The summed E-state index contributed by atoms with van der Waals surface area (Å²) in [5.41, 5.74) is 3.89. The Morgan fingerprint density at radius 3 is 2.79 bits per heavy atom. The third-order valence-electron chi connectivity index (χ3n) is 3.41. The lowest BCUT2D eigenvalue weighted by Crippen LogP contribution is -2.40. The maximum atomic E-state index is 12.2. The highest BCUT2D eigenvalue weighted by Gasteiger charge is 2.31. The summed E-state index contributed by atoms with van der Waals surface area (Å²) in [7, 11) is 0. The zero-order valence-corrected chi connectivity index (χ0v) is 11.2. The topological polar surface area (TPSA) is 38.0 Å². The molecule has 1 aromatic carbocycles. The highest BCUT2D eigenvalue weighted by Crippen LogP contribution is 2.42. The predicted octanol–water partition coefficient (Wildman–Crippen LogP) is 3.44. The molecule has 106 valence electrons. The van der Waals surface area contributed by atoms with E-state index in [2.05, 4.69) is 5.43 Å². The van der Waals surface area contributed by atoms with Crippen LogP contribution in [0.3, 0.4) is 0 Å². The molecule has 2 unspecified atom stereocenters. The van der Waals surface area contributed by atoms with Gasteiger partial charge in [0.25, 0.3) is 0 Å². The molecule has 0 radical (unpaired) electrons. The summed E-state index contributed by atoms with van der Waals surface area (Å²) in [4.78, 5) is 1.21. The molecule has 0 aliphatic carbocycles. The molecular weight excluding hydrogens is 273 g/mol. The van der Waals surface area contributed by atoms with Crippen molar-refractivity contribution >= 4 is 11.8 Å². The molecule has 3 N–H and O–H groups in total. The van der Waals surface area contributed by atoms with Crippen LogP contribution in [0.15, 0.2) is 29.2 Å². The lowest BCUT2D eigenvalue weighted by molar-refractivity contribution is -0.135. The number of nitrogens with one attached hydrogen (secondary N) is 1. The van der Waals surface area contributed by atoms with Gasteiger partial charge < -0.3 is 0 Å². The predicted molar refractivity (Wildman–Crippen MR) is 70.9 cm³/mol. The quantitative estimate of drug-likeness (QED) is 0.644. The molecule has 1 aromatic rings. The molecule has 1 heterocycles. The minimum Gasteiger partial charge on any atom is -0.271 e. The smallest absolute Gasteiger partial charge is 0.271 e. The lowest BCUT2D eigenvalue weighted by Gasteiger charge is -2.23. The summed E-state index contributed by atoms with van der Waals surface area (Å²) in [6.45, 7) is 0. The van der Waals surface area contributed by atoms with Gasteiger partial charge >= 0.3 is 6.18 Å². The summed E-state index contributed by atoms with van der Waals surface area (Å²) in [5.74, 6) is 6.59. The fourth-order valence-electron chi connectivity index (χ4n) is 2.44. The van der Waals surface area contributed by atoms with Gasteiger partial charge in [0, 0.05) is 29.0 Å². The van der Waals surface area contributed by atoms with Gasteiger partial charge in [-0.3, -0.25) is 11.3 Å². The van der Waals surface area contributed by atoms with Crippen LogP contribution in [0.1, 0.15) is 30.7 Å². The molecule has 1 aliphatic rings. The molecule has 2 nitrogen and oxygen atoms in total. The molecule has 0 bridgehead atoms. The highest BCUT2D eigenvalue weighted by molar-refractivity contribution is 7.99. The monoisotopic (exact) mass is 290 g/mol. The van der Waals surface area contributed by atoms with Crippen LogP contribution in [-0.4, -0.2) is 18.0 Å². The Bertz CT molecular complexity index is 423. The number of hydrazine groups is 1. The van der Waals surface area contributed by atoms with Crippen molar-refractivity contribution in [3.05, 3.63) is 29.8 Å². The zero-order valence-electron chi connectivity index (χ0n) is 10.4. The summed E-state index contributed by atoms with van der Waals surface area (Å²) < 4.78 is 36.5. The van der Waals surface area contributed by atoms with E-state index >= 15 is 0 Å². The molecule has 19 heavy (non-hydrogen) atoms. The van der Waals surface area contributed by atoms with Crippen LogP contribution < -0.4 is 11.3 Å². The van der Waals surface area contributed by atoms with Crippen LogP contribution in [0.4, 0.5) is 13.2 Å². The first-order valence-electron chi connectivity index (χ1n) is 6.26. The van der Waals surface area contributed by atoms with Crippen molar-refractivity contribution in [3.63, 3.8) is 0 Å². The number of alkyl halides is 3. The van der Waals surface area contributed by atoms with Gasteiger partial charge in [0.2, 0.25) is 0 Å². The van der Waals surface area contributed by atoms with Crippen molar-refractivity contribution in [2.75, 3.05) is 5.75 Å². The molecule has 2 rings (SSSR count). The van der Waals surface area contributed by atoms with E-state index in [0.717, 1.165) is 5.75 Å². The SMILES string of the molecule is NNC(CCCC(F)(F)F)C1CSc2ccccc21. The number of hydrogen-bond donors (Lipinski definition) is 2. The molecule has 0 spiro atoms. The molecule has 0 amide bonds. The van der Waals surface area contributed by atoms with Crippen LogP contribution >= 0.6 is 11.8 Å². The van der Waals surface area contributed by atoms with E-state index in [0.29, 0.717) is 6.42 Å². The molecule has 2 atom stereocenters. The van der Waals surface area contributed by atoms with Crippen LogP contribution in [0, 0.1) is 0 Å². The average Bonchev–Trinajstić information content (AvgIpc) is 2.77. The maximum absolute atomic E-state index is 12.2. The van der Waals surface area contributed by atoms with Gasteiger partial charge in [0.05, 0.1) is 0 Å². The van der Waals surface area contributed by atoms with Crippen LogP contribution in [-0.2, 0) is 0 Å². The number of benzene rings is 1. The number of hydrogen-bond acceptors (Lipinski definition) is 3. The average molecular weight is 290 g/mol. The second-order valence-corrected chi connectivity index (χ2v) is 5.80. The molecule has 0 saturated heterocycles. The molecule has 0 aromatic heterocycles. The number of rotatable bonds is 5. The standard InChI is InChI=1S/C13H17F3N2S/c14-13(15,16)7-3-5-11(18-17)10-8-19-12-6-2-1-4-9(10)12/h1-2,4,6,10-11,18H,3,5,7-8,17H2. The van der Waals surface area contributed by atoms with Gasteiger partial charge in [0.15, 0.2) is 0 Å². The lowest BCUT2D eigenvalue weighted by atomic mass is 9.90. The number of halogens is 3. The van der Waals surface area contributed by atoms with Crippen LogP contribution in [0.2, 0.25) is 0 Å². The second-order valence-electron chi connectivity index (χ2n) is 4.74. The van der Waals surface area contributed by atoms with E-state index in [9.17, 15) is 13.2 Å². The van der Waals surface area contributed by atoms with Gasteiger partial charge in [-0.15, -0.1) is 11.8 Å². The zero-order chi connectivity index (χ0) is 13.9. The summed E-state index contributed by atoms with van der Waals surface area (Å²) >= 11 is 1.74. The van der Waals surface area contributed by atoms with Gasteiger partial charge in [0.1, 0.15) is 0 Å². The Morgan fingerprint density at radius 2 is 2.11 bits per heavy atom. The van der Waals surface area contributed by atoms with Gasteiger partial charge in [-0.1, -0.05) is 18.2 Å². The maximum Gasteiger partial charge on any atom is 0.389 e. The van der Waals surface area contributed by atoms with E-state index in [1.54, 1.807) is 11.8 Å². The van der Waals surface area contributed by atoms with Crippen molar-refractivity contribution in [3.8, 4) is 0 Å². The molecular formula is C13H17F3N2S. The van der Waals surface area contributed by atoms with Crippen LogP contribution in [0.25, 0.3) is 0 Å². The Balaban J connectivity index is 1.96. The Labute approximate surface area is 114 Å². The molecule has 0 fully saturated rings. The van der Waals surface area contributed by atoms with E-state index in [1.807, 2.05) is 24.3 Å². The van der Waals surface area contributed by atoms with Gasteiger partial charge in [-0.05, 0) is 24.5 Å². The van der Waals surface area contributed by atoms with Crippen molar-refractivity contribution < 1.29 is 13.2 Å². The molecule has 6 heteroatoms. The minimum absolute atomic E-state index is 0.0986. The van der Waals surface area contributed by atoms with Crippen molar-refractivity contribution in [1.82, 2.24) is 5.43 Å². The summed E-state index contributed by atoms with van der Waals surface area (Å²) in [6, 6.07) is 7.92. The fourth-order valence-corrected chi connectivity index (χ4v) is 3.78. The first-order chi connectivity index (χ1) is 9.01. The van der Waals surface area contributed by atoms with E-state index in [4.69, 9.17) is 5.84 Å². The van der Waals surface area contributed by atoms with Crippen molar-refractivity contribution in [1.29, 1.82) is 0 Å². The Kier molecular flexibility index (Phi) is 4.76. The first-order valence-corrected chi connectivity index (χ1v) is 7.24. The third kappa shape index (κ3) is 3.87. The first kappa shape index (κ1) is 14.7. The van der Waals surface area contributed by atoms with E-state index < -0.39 is 12.6 Å². The normalized spacial score (nSPS) is 20.3. The number of thioether (sulfide) groups is 1. The molecule has 1 aliphatic heterocycles. The van der Waals surface area contributed by atoms with Crippen molar-refractivity contribution in [2.24, 2.45) is 5.84 Å². The van der Waals surface area contributed by atoms with Gasteiger partial charge in [-0.2, -0.15) is 13.2 Å².